The summed E-state index contributed by atoms with van der Waals surface area (Å²) >= 11 is 3.15. The topological polar surface area (TPSA) is 38.7 Å². The first kappa shape index (κ1) is 5.62. The lowest BCUT2D eigenvalue weighted by atomic mass is 10.5. The van der Waals surface area contributed by atoms with Crippen molar-refractivity contribution in [2.75, 3.05) is 0 Å². The Morgan fingerprint density at radius 1 is 1.50 bits per heavy atom. The number of hydrogen-bond acceptors (Lipinski definition) is 3. The summed E-state index contributed by atoms with van der Waals surface area (Å²) in [4.78, 5) is 0. The summed E-state index contributed by atoms with van der Waals surface area (Å²) in [5.41, 5.74) is 0.867. The first-order valence-corrected chi connectivity index (χ1v) is 2.91. The van der Waals surface area contributed by atoms with Gasteiger partial charge >= 0.3 is 0 Å². The van der Waals surface area contributed by atoms with Gasteiger partial charge in [0.2, 0.25) is 0 Å². The molecule has 42 valence electrons. The van der Waals surface area contributed by atoms with E-state index in [1.165, 1.54) is 0 Å². The predicted octanol–water partition coefficient (Wildman–Crippen LogP) is 0.943. The highest BCUT2D eigenvalue weighted by Crippen LogP contribution is 2.01. The lowest BCUT2D eigenvalue weighted by Gasteiger charge is -1.85. The molecule has 8 heavy (non-hydrogen) atoms. The van der Waals surface area contributed by atoms with Crippen molar-refractivity contribution in [3.63, 3.8) is 0 Å². The van der Waals surface area contributed by atoms with Gasteiger partial charge in [-0.05, 0) is 34.1 Å². The fourth-order valence-electron chi connectivity index (χ4n) is 0.366. The molecule has 0 unspecified atom stereocenters. The van der Waals surface area contributed by atoms with E-state index < -0.39 is 0 Å². The SMILES string of the molecule is Cc1cc(Br)nnn1. The van der Waals surface area contributed by atoms with Crippen molar-refractivity contribution in [3.8, 4) is 0 Å². The Kier molecular flexibility index (Phi) is 1.53. The molecular weight excluding hydrogens is 170 g/mol. The highest BCUT2D eigenvalue weighted by molar-refractivity contribution is 9.10. The Labute approximate surface area is 55.3 Å². The monoisotopic (exact) mass is 173 g/mol. The second-order valence-electron chi connectivity index (χ2n) is 1.40. The van der Waals surface area contributed by atoms with Crippen molar-refractivity contribution in [3.05, 3.63) is 16.4 Å². The highest BCUT2D eigenvalue weighted by Gasteiger charge is 1.87. The summed E-state index contributed by atoms with van der Waals surface area (Å²) in [6.45, 7) is 1.86. The Morgan fingerprint density at radius 3 is 2.62 bits per heavy atom. The minimum atomic E-state index is 0.727. The van der Waals surface area contributed by atoms with Gasteiger partial charge in [0.25, 0.3) is 0 Å². The second-order valence-corrected chi connectivity index (χ2v) is 2.21. The fourth-order valence-corrected chi connectivity index (χ4v) is 0.768. The number of halogens is 1. The molecule has 0 aliphatic rings. The minimum Gasteiger partial charge on any atom is -0.135 e. The second kappa shape index (κ2) is 2.17. The van der Waals surface area contributed by atoms with Crippen molar-refractivity contribution in [1.82, 2.24) is 15.4 Å². The largest absolute Gasteiger partial charge is 0.135 e. The van der Waals surface area contributed by atoms with Crippen molar-refractivity contribution >= 4 is 15.9 Å². The molecule has 0 fully saturated rings. The maximum Gasteiger partial charge on any atom is 0.132 e. The Morgan fingerprint density at radius 2 is 2.25 bits per heavy atom. The first-order chi connectivity index (χ1) is 3.79. The number of aromatic nitrogens is 3. The summed E-state index contributed by atoms with van der Waals surface area (Å²) in [6, 6.07) is 1.80. The molecule has 1 aromatic rings. The van der Waals surface area contributed by atoms with Gasteiger partial charge in [-0.3, -0.25) is 0 Å². The zero-order valence-electron chi connectivity index (χ0n) is 4.30. The van der Waals surface area contributed by atoms with Gasteiger partial charge in [0.15, 0.2) is 0 Å². The molecule has 0 aliphatic carbocycles. The van der Waals surface area contributed by atoms with E-state index in [1.807, 2.05) is 6.92 Å². The summed E-state index contributed by atoms with van der Waals surface area (Å²) < 4.78 is 0.727. The van der Waals surface area contributed by atoms with Gasteiger partial charge < -0.3 is 0 Å². The van der Waals surface area contributed by atoms with Crippen LogP contribution in [-0.2, 0) is 0 Å². The van der Waals surface area contributed by atoms with E-state index in [4.69, 9.17) is 0 Å². The van der Waals surface area contributed by atoms with Crippen molar-refractivity contribution in [2.45, 2.75) is 6.92 Å². The molecule has 0 N–H and O–H groups in total. The van der Waals surface area contributed by atoms with Gasteiger partial charge in [-0.15, -0.1) is 10.2 Å². The third-order valence-corrected chi connectivity index (χ3v) is 1.06. The van der Waals surface area contributed by atoms with Crippen LogP contribution >= 0.6 is 15.9 Å². The van der Waals surface area contributed by atoms with Crippen LogP contribution in [0.15, 0.2) is 10.7 Å². The van der Waals surface area contributed by atoms with Crippen LogP contribution in [0.25, 0.3) is 0 Å². The zero-order chi connectivity index (χ0) is 5.98. The lowest BCUT2D eigenvalue weighted by molar-refractivity contribution is 0.825. The molecule has 0 radical (unpaired) electrons. The first-order valence-electron chi connectivity index (χ1n) is 2.11. The van der Waals surface area contributed by atoms with Crippen LogP contribution in [0.3, 0.4) is 0 Å². The molecule has 0 spiro atoms. The third kappa shape index (κ3) is 1.23. The van der Waals surface area contributed by atoms with E-state index >= 15 is 0 Å². The molecule has 0 atom stereocenters. The molecule has 3 nitrogen and oxygen atoms in total. The van der Waals surface area contributed by atoms with E-state index in [0.29, 0.717) is 0 Å². The van der Waals surface area contributed by atoms with Crippen molar-refractivity contribution in [2.24, 2.45) is 0 Å². The Balaban J connectivity index is 3.08. The van der Waals surface area contributed by atoms with Gasteiger partial charge in [-0.1, -0.05) is 0 Å². The standard InChI is InChI=1S/C4H4BrN3/c1-3-2-4(5)7-8-6-3/h2H,1H3. The molecule has 1 rings (SSSR count). The maximum absolute atomic E-state index is 3.65. The van der Waals surface area contributed by atoms with E-state index in [0.717, 1.165) is 10.3 Å². The average molecular weight is 174 g/mol. The molecule has 0 saturated carbocycles. The quantitative estimate of drug-likeness (QED) is 0.587. The average Bonchev–Trinajstić information content (AvgIpc) is 1.64. The molecule has 0 bridgehead atoms. The molecule has 0 aliphatic heterocycles. The van der Waals surface area contributed by atoms with Gasteiger partial charge in [0.05, 0.1) is 5.69 Å². The molecule has 0 saturated heterocycles. The van der Waals surface area contributed by atoms with Crippen LogP contribution in [0.4, 0.5) is 0 Å². The molecule has 0 aromatic carbocycles. The molecule has 0 amide bonds. The van der Waals surface area contributed by atoms with Crippen LogP contribution in [0.1, 0.15) is 5.69 Å². The Hall–Kier alpha value is -0.510. The van der Waals surface area contributed by atoms with Crippen molar-refractivity contribution in [1.29, 1.82) is 0 Å². The van der Waals surface area contributed by atoms with Crippen LogP contribution < -0.4 is 0 Å². The molecule has 1 heterocycles. The van der Waals surface area contributed by atoms with Crippen LogP contribution in [0, 0.1) is 6.92 Å². The highest BCUT2D eigenvalue weighted by atomic mass is 79.9. The third-order valence-electron chi connectivity index (χ3n) is 0.671. The van der Waals surface area contributed by atoms with Gasteiger partial charge in [0.1, 0.15) is 4.60 Å². The summed E-state index contributed by atoms with van der Waals surface area (Å²) in [5.74, 6) is 0. The van der Waals surface area contributed by atoms with Crippen LogP contribution in [-0.4, -0.2) is 15.4 Å². The smallest absolute Gasteiger partial charge is 0.132 e. The van der Waals surface area contributed by atoms with Crippen LogP contribution in [0.5, 0.6) is 0 Å². The van der Waals surface area contributed by atoms with E-state index in [2.05, 4.69) is 31.3 Å². The van der Waals surface area contributed by atoms with E-state index in [1.54, 1.807) is 6.07 Å². The van der Waals surface area contributed by atoms with Gasteiger partial charge in [-0.25, -0.2) is 0 Å². The zero-order valence-corrected chi connectivity index (χ0v) is 5.88. The maximum atomic E-state index is 3.65. The molecule has 4 heteroatoms. The van der Waals surface area contributed by atoms with Gasteiger partial charge in [-0.2, -0.15) is 0 Å². The lowest BCUT2D eigenvalue weighted by Crippen LogP contribution is -1.88. The molecule has 1 aromatic heterocycles. The summed E-state index contributed by atoms with van der Waals surface area (Å²) in [7, 11) is 0. The number of hydrogen-bond donors (Lipinski definition) is 0. The number of aryl methyl sites for hydroxylation is 1. The van der Waals surface area contributed by atoms with E-state index in [-0.39, 0.29) is 0 Å². The summed E-state index contributed by atoms with van der Waals surface area (Å²) in [5, 5.41) is 10.7. The summed E-state index contributed by atoms with van der Waals surface area (Å²) in [6.07, 6.45) is 0. The normalized spacial score (nSPS) is 9.25. The minimum absolute atomic E-state index is 0.727. The van der Waals surface area contributed by atoms with Crippen molar-refractivity contribution < 1.29 is 0 Å². The fraction of sp³-hybridized carbons (Fsp3) is 0.250. The molecular formula is C4H4BrN3. The number of nitrogens with zero attached hydrogens (tertiary/aromatic N) is 3. The van der Waals surface area contributed by atoms with Gasteiger partial charge in [0, 0.05) is 0 Å². The van der Waals surface area contributed by atoms with Crippen LogP contribution in [0.2, 0.25) is 0 Å². The van der Waals surface area contributed by atoms with E-state index in [9.17, 15) is 0 Å². The predicted molar refractivity (Wildman–Crippen MR) is 32.3 cm³/mol. The number of rotatable bonds is 0. The Bertz CT molecular complexity index is 171.